The number of rotatable bonds is 2. The van der Waals surface area contributed by atoms with Crippen molar-refractivity contribution in [2.75, 3.05) is 26.7 Å². The largest absolute Gasteiger partial charge is 0.337 e. The predicted octanol–water partition coefficient (Wildman–Crippen LogP) is 1.45. The molecule has 1 amide bonds. The lowest BCUT2D eigenvalue weighted by Gasteiger charge is -2.28. The molecule has 0 radical (unpaired) electrons. The quantitative estimate of drug-likeness (QED) is 0.900. The van der Waals surface area contributed by atoms with E-state index in [-0.39, 0.29) is 11.5 Å². The molecule has 4 rings (SSSR count). The highest BCUT2D eigenvalue weighted by molar-refractivity contribution is 5.92. The SMILES string of the molecule is Cc1ccccc1[C@@H]1[C@@H]2CN(C(=O)c3c[nH]c(=O)cn3)C[C@@H]2CN1C. The molecule has 2 aromatic rings. The van der Waals surface area contributed by atoms with Gasteiger partial charge in [0.1, 0.15) is 5.69 Å². The summed E-state index contributed by atoms with van der Waals surface area (Å²) in [5, 5.41) is 0. The van der Waals surface area contributed by atoms with Crippen LogP contribution in [-0.4, -0.2) is 52.4 Å². The van der Waals surface area contributed by atoms with Crippen LogP contribution >= 0.6 is 0 Å². The van der Waals surface area contributed by atoms with E-state index < -0.39 is 0 Å². The second kappa shape index (κ2) is 6.11. The topological polar surface area (TPSA) is 69.3 Å². The summed E-state index contributed by atoms with van der Waals surface area (Å²) in [6.45, 7) is 4.62. The number of fused-ring (bicyclic) bond motifs is 1. The van der Waals surface area contributed by atoms with Gasteiger partial charge in [-0.05, 0) is 31.0 Å². The highest BCUT2D eigenvalue weighted by Gasteiger charge is 2.47. The highest BCUT2D eigenvalue weighted by Crippen LogP contribution is 2.44. The van der Waals surface area contributed by atoms with Gasteiger partial charge in [-0.15, -0.1) is 0 Å². The minimum atomic E-state index is -0.295. The molecule has 2 saturated heterocycles. The van der Waals surface area contributed by atoms with E-state index in [0.717, 1.165) is 25.8 Å². The number of aryl methyl sites for hydroxylation is 1. The van der Waals surface area contributed by atoms with Crippen LogP contribution in [0.25, 0.3) is 0 Å². The average Bonchev–Trinajstić information content (AvgIpc) is 3.12. The van der Waals surface area contributed by atoms with Crippen LogP contribution in [0, 0.1) is 18.8 Å². The third-order valence-electron chi connectivity index (χ3n) is 5.58. The van der Waals surface area contributed by atoms with Gasteiger partial charge in [-0.1, -0.05) is 24.3 Å². The van der Waals surface area contributed by atoms with Gasteiger partial charge in [0.15, 0.2) is 0 Å². The maximum absolute atomic E-state index is 12.7. The Labute approximate surface area is 146 Å². The predicted molar refractivity (Wildman–Crippen MR) is 94.3 cm³/mol. The van der Waals surface area contributed by atoms with Gasteiger partial charge in [-0.2, -0.15) is 0 Å². The first-order chi connectivity index (χ1) is 12.0. The first-order valence-corrected chi connectivity index (χ1v) is 8.64. The van der Waals surface area contributed by atoms with Gasteiger partial charge in [0.2, 0.25) is 0 Å². The van der Waals surface area contributed by atoms with Crippen molar-refractivity contribution in [1.82, 2.24) is 19.8 Å². The lowest BCUT2D eigenvalue weighted by Crippen LogP contribution is -2.34. The maximum Gasteiger partial charge on any atom is 0.273 e. The number of aromatic nitrogens is 2. The van der Waals surface area contributed by atoms with Gasteiger partial charge in [0, 0.05) is 37.8 Å². The molecule has 0 aliphatic carbocycles. The molecule has 3 atom stereocenters. The van der Waals surface area contributed by atoms with Crippen LogP contribution in [0.1, 0.15) is 27.7 Å². The van der Waals surface area contributed by atoms with Gasteiger partial charge in [0.05, 0.1) is 6.20 Å². The molecule has 1 aromatic heterocycles. The summed E-state index contributed by atoms with van der Waals surface area (Å²) in [7, 11) is 2.17. The van der Waals surface area contributed by atoms with Crippen LogP contribution in [0.15, 0.2) is 41.5 Å². The number of hydrogen-bond acceptors (Lipinski definition) is 4. The van der Waals surface area contributed by atoms with E-state index in [2.05, 4.69) is 53.1 Å². The fourth-order valence-electron chi connectivity index (χ4n) is 4.43. The number of likely N-dealkylation sites (tertiary alicyclic amines) is 2. The number of aromatic amines is 1. The van der Waals surface area contributed by atoms with E-state index in [1.807, 2.05) is 4.90 Å². The summed E-state index contributed by atoms with van der Waals surface area (Å²) in [5.41, 5.74) is 2.66. The van der Waals surface area contributed by atoms with Crippen molar-refractivity contribution >= 4 is 5.91 Å². The molecule has 1 aromatic carbocycles. The number of amides is 1. The number of hydrogen-bond donors (Lipinski definition) is 1. The Morgan fingerprint density at radius 1 is 1.24 bits per heavy atom. The van der Waals surface area contributed by atoms with Gasteiger partial charge in [-0.25, -0.2) is 4.98 Å². The van der Waals surface area contributed by atoms with Crippen LogP contribution in [-0.2, 0) is 0 Å². The Balaban J connectivity index is 1.57. The van der Waals surface area contributed by atoms with Gasteiger partial charge in [-0.3, -0.25) is 14.5 Å². The molecule has 0 saturated carbocycles. The van der Waals surface area contributed by atoms with E-state index in [9.17, 15) is 9.59 Å². The average molecular weight is 338 g/mol. The molecule has 1 N–H and O–H groups in total. The van der Waals surface area contributed by atoms with Crippen molar-refractivity contribution in [3.8, 4) is 0 Å². The van der Waals surface area contributed by atoms with Crippen molar-refractivity contribution in [1.29, 1.82) is 0 Å². The van der Waals surface area contributed by atoms with Gasteiger partial charge < -0.3 is 9.88 Å². The molecule has 25 heavy (non-hydrogen) atoms. The third kappa shape index (κ3) is 2.76. The Bertz CT molecular complexity index is 842. The monoisotopic (exact) mass is 338 g/mol. The van der Waals surface area contributed by atoms with E-state index in [0.29, 0.717) is 23.6 Å². The Kier molecular flexibility index (Phi) is 3.92. The summed E-state index contributed by atoms with van der Waals surface area (Å²) < 4.78 is 0. The van der Waals surface area contributed by atoms with E-state index in [1.54, 1.807) is 0 Å². The van der Waals surface area contributed by atoms with Crippen LogP contribution in [0.5, 0.6) is 0 Å². The highest BCUT2D eigenvalue weighted by atomic mass is 16.2. The lowest BCUT2D eigenvalue weighted by atomic mass is 9.88. The fraction of sp³-hybridized carbons (Fsp3) is 0.421. The van der Waals surface area contributed by atoms with Crippen molar-refractivity contribution < 1.29 is 4.79 Å². The van der Waals surface area contributed by atoms with Crippen LogP contribution in [0.4, 0.5) is 0 Å². The zero-order valence-electron chi connectivity index (χ0n) is 14.5. The smallest absolute Gasteiger partial charge is 0.273 e. The number of nitrogens with zero attached hydrogens (tertiary/aromatic N) is 3. The van der Waals surface area contributed by atoms with E-state index in [1.165, 1.54) is 17.3 Å². The number of carbonyl (C=O) groups excluding carboxylic acids is 1. The zero-order chi connectivity index (χ0) is 17.6. The summed E-state index contributed by atoms with van der Waals surface area (Å²) in [6, 6.07) is 8.85. The molecule has 2 aliphatic heterocycles. The second-order valence-corrected chi connectivity index (χ2v) is 7.17. The van der Waals surface area contributed by atoms with Crippen molar-refractivity contribution in [2.45, 2.75) is 13.0 Å². The maximum atomic E-state index is 12.7. The normalized spacial score (nSPS) is 26.0. The molecule has 6 heteroatoms. The summed E-state index contributed by atoms with van der Waals surface area (Å²) in [6.07, 6.45) is 2.57. The first-order valence-electron chi connectivity index (χ1n) is 8.64. The van der Waals surface area contributed by atoms with Crippen molar-refractivity contribution in [2.24, 2.45) is 11.8 Å². The molecular weight excluding hydrogens is 316 g/mol. The number of carbonyl (C=O) groups is 1. The number of H-pyrrole nitrogens is 1. The fourth-order valence-corrected chi connectivity index (χ4v) is 4.43. The zero-order valence-corrected chi connectivity index (χ0v) is 14.5. The first kappa shape index (κ1) is 16.0. The molecule has 0 spiro atoms. The van der Waals surface area contributed by atoms with Gasteiger partial charge in [0.25, 0.3) is 11.5 Å². The summed E-state index contributed by atoms with van der Waals surface area (Å²) in [4.78, 5) is 34.7. The van der Waals surface area contributed by atoms with Crippen LogP contribution in [0.3, 0.4) is 0 Å². The Hall–Kier alpha value is -2.47. The molecule has 130 valence electrons. The Morgan fingerprint density at radius 3 is 2.76 bits per heavy atom. The third-order valence-corrected chi connectivity index (χ3v) is 5.58. The molecule has 6 nitrogen and oxygen atoms in total. The second-order valence-electron chi connectivity index (χ2n) is 7.17. The minimum absolute atomic E-state index is 0.100. The molecule has 0 unspecified atom stereocenters. The van der Waals surface area contributed by atoms with Crippen LogP contribution < -0.4 is 5.56 Å². The molecular formula is C19H22N4O2. The minimum Gasteiger partial charge on any atom is -0.337 e. The van der Waals surface area contributed by atoms with Crippen LogP contribution in [0.2, 0.25) is 0 Å². The number of benzene rings is 1. The standard InChI is InChI=1S/C19H22N4O2/c1-12-5-3-4-6-14(12)18-15-11-23(10-13(15)9-22(18)2)19(25)16-7-21-17(24)8-20-16/h3-8,13,15,18H,9-11H2,1-2H3,(H,21,24)/t13-,15+,18+/m0/s1. The Morgan fingerprint density at radius 2 is 2.04 bits per heavy atom. The lowest BCUT2D eigenvalue weighted by molar-refractivity contribution is 0.0761. The molecule has 2 fully saturated rings. The molecule has 2 aliphatic rings. The van der Waals surface area contributed by atoms with E-state index in [4.69, 9.17) is 0 Å². The van der Waals surface area contributed by atoms with Gasteiger partial charge >= 0.3 is 0 Å². The molecule has 3 heterocycles. The molecule has 0 bridgehead atoms. The van der Waals surface area contributed by atoms with E-state index >= 15 is 0 Å². The number of nitrogens with one attached hydrogen (secondary N) is 1. The summed E-state index contributed by atoms with van der Waals surface area (Å²) in [5.74, 6) is 0.802. The van der Waals surface area contributed by atoms with Crippen molar-refractivity contribution in [3.05, 3.63) is 63.8 Å². The van der Waals surface area contributed by atoms with Crippen molar-refractivity contribution in [3.63, 3.8) is 0 Å². The summed E-state index contributed by atoms with van der Waals surface area (Å²) >= 11 is 0.